The molecule has 1 atom stereocenters. The molecule has 1 aromatic carbocycles. The number of alkyl halides is 5. The quantitative estimate of drug-likeness (QED) is 0.244. The molecule has 0 spiro atoms. The van der Waals surface area contributed by atoms with E-state index < -0.39 is 36.3 Å². The maximum atomic E-state index is 13.7. The van der Waals surface area contributed by atoms with Crippen LogP contribution < -0.4 is 16.0 Å². The van der Waals surface area contributed by atoms with Crippen LogP contribution in [-0.2, 0) is 23.9 Å². The standard InChI is InChI=1S/C28H30F5N9O2/c1-3-17-10-18(4-5-19(17)27(44)37-12-23(43)40-8-6-34-16(2)13-40)38-25-26-36-11-21(42(26)9-7-35-25)20-14-41(15-22(29)30)39-24(20)28(31,32)33/h4-5,7,9-11,14,16,22,34H,3,6,8,12-13,15H2,1-2H3,(H,35,38)(H,37,44). The number of anilines is 2. The molecule has 16 heteroatoms. The summed E-state index contributed by atoms with van der Waals surface area (Å²) in [6.07, 6.45) is -2.41. The van der Waals surface area contributed by atoms with E-state index in [1.54, 1.807) is 23.1 Å². The van der Waals surface area contributed by atoms with Crippen LogP contribution in [-0.4, -0.2) is 79.5 Å². The van der Waals surface area contributed by atoms with E-state index in [4.69, 9.17) is 0 Å². The number of benzene rings is 1. The van der Waals surface area contributed by atoms with Gasteiger partial charge in [0.2, 0.25) is 5.91 Å². The lowest BCUT2D eigenvalue weighted by molar-refractivity contribution is -0.141. The third-order valence-electron chi connectivity index (χ3n) is 7.17. The Kier molecular flexibility index (Phi) is 8.80. The van der Waals surface area contributed by atoms with Gasteiger partial charge in [0, 0.05) is 55.5 Å². The van der Waals surface area contributed by atoms with Gasteiger partial charge in [0.15, 0.2) is 17.2 Å². The number of aromatic nitrogens is 5. The molecule has 5 rings (SSSR count). The first-order valence-electron chi connectivity index (χ1n) is 13.9. The fourth-order valence-electron chi connectivity index (χ4n) is 5.10. The van der Waals surface area contributed by atoms with Gasteiger partial charge in [-0.25, -0.2) is 18.7 Å². The second-order valence-corrected chi connectivity index (χ2v) is 10.3. The van der Waals surface area contributed by atoms with Crippen LogP contribution >= 0.6 is 0 Å². The summed E-state index contributed by atoms with van der Waals surface area (Å²) in [5.74, 6) is -0.344. The molecular formula is C28H30F5N9O2. The maximum absolute atomic E-state index is 13.7. The van der Waals surface area contributed by atoms with Gasteiger partial charge < -0.3 is 20.9 Å². The number of rotatable bonds is 9. The van der Waals surface area contributed by atoms with Gasteiger partial charge in [-0.1, -0.05) is 6.92 Å². The van der Waals surface area contributed by atoms with Crippen LogP contribution in [0.5, 0.6) is 0 Å². The van der Waals surface area contributed by atoms with Gasteiger partial charge in [-0.2, -0.15) is 18.3 Å². The zero-order valence-electron chi connectivity index (χ0n) is 23.8. The fourth-order valence-corrected chi connectivity index (χ4v) is 5.10. The Hall–Kier alpha value is -4.60. The number of nitrogens with zero attached hydrogens (tertiary/aromatic N) is 6. The van der Waals surface area contributed by atoms with E-state index in [2.05, 4.69) is 31.0 Å². The number of amides is 2. The molecule has 1 unspecified atom stereocenters. The van der Waals surface area contributed by atoms with E-state index in [9.17, 15) is 31.5 Å². The maximum Gasteiger partial charge on any atom is 0.435 e. The van der Waals surface area contributed by atoms with Crippen molar-refractivity contribution in [3.05, 3.63) is 59.8 Å². The van der Waals surface area contributed by atoms with Crippen LogP contribution in [0.2, 0.25) is 0 Å². The van der Waals surface area contributed by atoms with Gasteiger partial charge in [-0.3, -0.25) is 18.7 Å². The molecule has 11 nitrogen and oxygen atoms in total. The van der Waals surface area contributed by atoms with Crippen LogP contribution in [0, 0.1) is 0 Å². The lowest BCUT2D eigenvalue weighted by Gasteiger charge is -2.32. The van der Waals surface area contributed by atoms with E-state index >= 15 is 0 Å². The Morgan fingerprint density at radius 2 is 2.00 bits per heavy atom. The summed E-state index contributed by atoms with van der Waals surface area (Å²) < 4.78 is 68.9. The number of halogens is 5. The minimum atomic E-state index is -4.89. The third kappa shape index (κ3) is 6.64. The fraction of sp³-hybridized carbons (Fsp3) is 0.393. The summed E-state index contributed by atoms with van der Waals surface area (Å²) >= 11 is 0. The molecule has 3 N–H and O–H groups in total. The second kappa shape index (κ2) is 12.6. The number of aryl methyl sites for hydroxylation is 1. The van der Waals surface area contributed by atoms with Gasteiger partial charge in [0.05, 0.1) is 24.0 Å². The number of nitrogens with one attached hydrogen (secondary N) is 3. The number of carbonyl (C=O) groups is 2. The average Bonchev–Trinajstić information content (AvgIpc) is 3.60. The smallest absolute Gasteiger partial charge is 0.343 e. The zero-order valence-corrected chi connectivity index (χ0v) is 23.8. The van der Waals surface area contributed by atoms with Gasteiger partial charge in [-0.05, 0) is 37.1 Å². The molecule has 0 radical (unpaired) electrons. The molecule has 4 heterocycles. The highest BCUT2D eigenvalue weighted by Gasteiger charge is 2.38. The minimum absolute atomic E-state index is 0.00983. The molecule has 0 saturated carbocycles. The summed E-state index contributed by atoms with van der Waals surface area (Å²) in [4.78, 5) is 35.7. The third-order valence-corrected chi connectivity index (χ3v) is 7.17. The first-order chi connectivity index (χ1) is 20.9. The van der Waals surface area contributed by atoms with E-state index in [1.807, 2.05) is 13.8 Å². The highest BCUT2D eigenvalue weighted by Crippen LogP contribution is 2.37. The van der Waals surface area contributed by atoms with Crippen molar-refractivity contribution in [2.24, 2.45) is 0 Å². The highest BCUT2D eigenvalue weighted by atomic mass is 19.4. The lowest BCUT2D eigenvalue weighted by Crippen LogP contribution is -2.53. The average molecular weight is 620 g/mol. The van der Waals surface area contributed by atoms with Gasteiger partial charge in [0.25, 0.3) is 12.3 Å². The molecule has 4 aromatic rings. The predicted molar refractivity (Wildman–Crippen MR) is 151 cm³/mol. The monoisotopic (exact) mass is 619 g/mol. The molecule has 44 heavy (non-hydrogen) atoms. The molecule has 1 aliphatic rings. The lowest BCUT2D eigenvalue weighted by atomic mass is 10.0. The number of fused-ring (bicyclic) bond motifs is 1. The van der Waals surface area contributed by atoms with Crippen LogP contribution in [0.25, 0.3) is 16.9 Å². The SMILES string of the molecule is CCc1cc(Nc2nccn3c(-c4cn(CC(F)F)nc4C(F)(F)F)cnc23)ccc1C(=O)NCC(=O)N1CCNC(C)C1. The van der Waals surface area contributed by atoms with Crippen LogP contribution in [0.4, 0.5) is 33.5 Å². The first kappa shape index (κ1) is 30.8. The number of imidazole rings is 1. The van der Waals surface area contributed by atoms with Crippen molar-refractivity contribution in [3.63, 3.8) is 0 Å². The highest BCUT2D eigenvalue weighted by molar-refractivity contribution is 5.98. The molecular weight excluding hydrogens is 589 g/mol. The molecule has 0 bridgehead atoms. The van der Waals surface area contributed by atoms with Crippen molar-refractivity contribution in [2.45, 2.75) is 45.5 Å². The van der Waals surface area contributed by atoms with Crippen molar-refractivity contribution in [3.8, 4) is 11.3 Å². The van der Waals surface area contributed by atoms with Crippen LogP contribution in [0.3, 0.4) is 0 Å². The van der Waals surface area contributed by atoms with Crippen molar-refractivity contribution in [1.29, 1.82) is 0 Å². The van der Waals surface area contributed by atoms with Crippen LogP contribution in [0.15, 0.2) is 43.0 Å². The molecule has 1 fully saturated rings. The van der Waals surface area contributed by atoms with Crippen molar-refractivity contribution in [2.75, 3.05) is 31.5 Å². The summed E-state index contributed by atoms with van der Waals surface area (Å²) in [5, 5.41) is 12.4. The van der Waals surface area contributed by atoms with Crippen molar-refractivity contribution in [1.82, 2.24) is 39.7 Å². The normalized spacial score (nSPS) is 15.6. The molecule has 1 aliphatic heterocycles. The second-order valence-electron chi connectivity index (χ2n) is 10.3. The molecule has 3 aromatic heterocycles. The van der Waals surface area contributed by atoms with Crippen molar-refractivity contribution >= 4 is 29.0 Å². The summed E-state index contributed by atoms with van der Waals surface area (Å²) in [6, 6.07) is 5.16. The zero-order chi connectivity index (χ0) is 31.6. The molecule has 1 saturated heterocycles. The number of hydrogen-bond donors (Lipinski definition) is 3. The molecule has 2 amide bonds. The van der Waals surface area contributed by atoms with Gasteiger partial charge >= 0.3 is 6.18 Å². The Morgan fingerprint density at radius 3 is 2.70 bits per heavy atom. The Morgan fingerprint density at radius 1 is 1.20 bits per heavy atom. The van der Waals surface area contributed by atoms with E-state index in [1.165, 1.54) is 23.0 Å². The Bertz CT molecular complexity index is 1670. The van der Waals surface area contributed by atoms with Crippen molar-refractivity contribution < 1.29 is 31.5 Å². The summed E-state index contributed by atoms with van der Waals surface area (Å²) in [6.45, 7) is 4.58. The minimum Gasteiger partial charge on any atom is -0.343 e. The topological polar surface area (TPSA) is 121 Å². The van der Waals surface area contributed by atoms with E-state index in [0.29, 0.717) is 47.6 Å². The Labute approximate surface area is 248 Å². The largest absolute Gasteiger partial charge is 0.435 e. The summed E-state index contributed by atoms with van der Waals surface area (Å²) in [7, 11) is 0. The van der Waals surface area contributed by atoms with E-state index in [-0.39, 0.29) is 35.7 Å². The summed E-state index contributed by atoms with van der Waals surface area (Å²) in [5.41, 5.74) is 0.0768. The van der Waals surface area contributed by atoms with Crippen LogP contribution in [0.1, 0.15) is 35.5 Å². The predicted octanol–water partition coefficient (Wildman–Crippen LogP) is 3.73. The van der Waals surface area contributed by atoms with Gasteiger partial charge in [0.1, 0.15) is 6.54 Å². The Balaban J connectivity index is 1.36. The van der Waals surface area contributed by atoms with E-state index in [0.717, 1.165) is 6.20 Å². The number of hydrogen-bond acceptors (Lipinski definition) is 7. The molecule has 0 aliphatic carbocycles. The first-order valence-corrected chi connectivity index (χ1v) is 13.9. The van der Waals surface area contributed by atoms with Gasteiger partial charge in [-0.15, -0.1) is 0 Å². The number of carbonyl (C=O) groups excluding carboxylic acids is 2. The number of piperazine rings is 1. The molecule has 234 valence electrons.